The number of aromatic nitrogens is 3. The summed E-state index contributed by atoms with van der Waals surface area (Å²) in [5.41, 5.74) is 3.50. The summed E-state index contributed by atoms with van der Waals surface area (Å²) in [6, 6.07) is 8.87. The minimum Gasteiger partial charge on any atom is -0.338 e. The summed E-state index contributed by atoms with van der Waals surface area (Å²) in [5.74, 6) is 0.797. The highest BCUT2D eigenvalue weighted by molar-refractivity contribution is 6.35. The van der Waals surface area contributed by atoms with E-state index in [4.69, 9.17) is 28.2 Å². The fourth-order valence-electron chi connectivity index (χ4n) is 3.80. The Morgan fingerprint density at radius 3 is 2.59 bits per heavy atom. The molecule has 7 heteroatoms. The van der Waals surface area contributed by atoms with Crippen molar-refractivity contribution >= 4 is 29.1 Å². The van der Waals surface area contributed by atoms with E-state index in [0.717, 1.165) is 35.5 Å². The number of piperidine rings is 1. The molecule has 1 aliphatic rings. The molecule has 0 spiro atoms. The van der Waals surface area contributed by atoms with Crippen LogP contribution in [0.25, 0.3) is 11.1 Å². The van der Waals surface area contributed by atoms with E-state index >= 15 is 0 Å². The molecule has 4 rings (SSSR count). The summed E-state index contributed by atoms with van der Waals surface area (Å²) in [4.78, 5) is 28.2. The van der Waals surface area contributed by atoms with Crippen molar-refractivity contribution in [2.24, 2.45) is 0 Å². The highest BCUT2D eigenvalue weighted by atomic mass is 35.5. The van der Waals surface area contributed by atoms with Gasteiger partial charge in [-0.05, 0) is 55.7 Å². The number of hydrogen-bond acceptors (Lipinski definition) is 4. The first-order valence-electron chi connectivity index (χ1n) is 9.50. The lowest BCUT2D eigenvalue weighted by Gasteiger charge is -2.33. The van der Waals surface area contributed by atoms with E-state index < -0.39 is 0 Å². The Bertz CT molecular complexity index is 1020. The molecule has 0 N–H and O–H groups in total. The average molecular weight is 427 g/mol. The van der Waals surface area contributed by atoms with Gasteiger partial charge in [0.15, 0.2) is 0 Å². The van der Waals surface area contributed by atoms with Crippen molar-refractivity contribution in [3.63, 3.8) is 0 Å². The fourth-order valence-corrected chi connectivity index (χ4v) is 4.32. The second-order valence-electron chi connectivity index (χ2n) is 7.20. The van der Waals surface area contributed by atoms with Gasteiger partial charge in [0, 0.05) is 58.8 Å². The van der Waals surface area contributed by atoms with Crippen LogP contribution in [0.2, 0.25) is 10.0 Å². The molecule has 1 fully saturated rings. The SMILES string of the molecule is Cc1ncc(-c2ccncc2)c(C2CCCN(C(=O)c3cc(Cl)cc(Cl)c3)C2)n1. The number of aryl methyl sites for hydroxylation is 1. The van der Waals surface area contributed by atoms with E-state index in [1.54, 1.807) is 30.6 Å². The van der Waals surface area contributed by atoms with Gasteiger partial charge in [-0.1, -0.05) is 23.2 Å². The van der Waals surface area contributed by atoms with E-state index in [2.05, 4.69) is 9.97 Å². The number of carbonyl (C=O) groups is 1. The van der Waals surface area contributed by atoms with Gasteiger partial charge in [0.05, 0.1) is 5.69 Å². The third-order valence-corrected chi connectivity index (χ3v) is 5.57. The number of amides is 1. The van der Waals surface area contributed by atoms with Crippen LogP contribution in [-0.4, -0.2) is 38.8 Å². The quantitative estimate of drug-likeness (QED) is 0.579. The number of likely N-dealkylation sites (tertiary alicyclic amines) is 1. The molecule has 0 saturated carbocycles. The topological polar surface area (TPSA) is 59.0 Å². The molecule has 1 aliphatic heterocycles. The first-order chi connectivity index (χ1) is 14.0. The van der Waals surface area contributed by atoms with Gasteiger partial charge < -0.3 is 4.90 Å². The Balaban J connectivity index is 1.64. The van der Waals surface area contributed by atoms with Crippen molar-refractivity contribution in [1.82, 2.24) is 19.9 Å². The second-order valence-corrected chi connectivity index (χ2v) is 8.07. The Hall–Kier alpha value is -2.50. The van der Waals surface area contributed by atoms with Crippen LogP contribution < -0.4 is 0 Å². The normalized spacial score (nSPS) is 16.7. The largest absolute Gasteiger partial charge is 0.338 e. The summed E-state index contributed by atoms with van der Waals surface area (Å²) < 4.78 is 0. The summed E-state index contributed by atoms with van der Waals surface area (Å²) in [6.45, 7) is 3.19. The first-order valence-corrected chi connectivity index (χ1v) is 10.3. The van der Waals surface area contributed by atoms with Gasteiger partial charge in [-0.25, -0.2) is 9.97 Å². The monoisotopic (exact) mass is 426 g/mol. The maximum absolute atomic E-state index is 13.1. The van der Waals surface area contributed by atoms with Crippen molar-refractivity contribution in [2.45, 2.75) is 25.7 Å². The Kier molecular flexibility index (Phi) is 5.79. The molecule has 0 aliphatic carbocycles. The van der Waals surface area contributed by atoms with Gasteiger partial charge in [0.25, 0.3) is 5.91 Å². The number of hydrogen-bond donors (Lipinski definition) is 0. The number of carbonyl (C=O) groups excluding carboxylic acids is 1. The molecule has 29 heavy (non-hydrogen) atoms. The summed E-state index contributed by atoms with van der Waals surface area (Å²) in [6.07, 6.45) is 7.26. The smallest absolute Gasteiger partial charge is 0.253 e. The molecule has 2 aromatic heterocycles. The molecule has 0 bridgehead atoms. The summed E-state index contributed by atoms with van der Waals surface area (Å²) >= 11 is 12.2. The molecular weight excluding hydrogens is 407 g/mol. The molecule has 148 valence electrons. The molecule has 1 amide bonds. The van der Waals surface area contributed by atoms with Crippen molar-refractivity contribution in [2.75, 3.05) is 13.1 Å². The fraction of sp³-hybridized carbons (Fsp3) is 0.273. The van der Waals surface area contributed by atoms with Crippen LogP contribution in [0.3, 0.4) is 0 Å². The zero-order valence-electron chi connectivity index (χ0n) is 16.0. The van der Waals surface area contributed by atoms with Crippen LogP contribution in [0.5, 0.6) is 0 Å². The van der Waals surface area contributed by atoms with E-state index in [-0.39, 0.29) is 11.8 Å². The number of pyridine rings is 1. The van der Waals surface area contributed by atoms with Crippen molar-refractivity contribution < 1.29 is 4.79 Å². The van der Waals surface area contributed by atoms with Crippen molar-refractivity contribution in [1.29, 1.82) is 0 Å². The molecule has 1 saturated heterocycles. The van der Waals surface area contributed by atoms with Gasteiger partial charge in [0.1, 0.15) is 5.82 Å². The minimum atomic E-state index is -0.0599. The van der Waals surface area contributed by atoms with Gasteiger partial charge in [-0.2, -0.15) is 0 Å². The van der Waals surface area contributed by atoms with E-state index in [0.29, 0.717) is 28.7 Å². The van der Waals surface area contributed by atoms with E-state index in [1.807, 2.05) is 30.2 Å². The van der Waals surface area contributed by atoms with Gasteiger partial charge >= 0.3 is 0 Å². The van der Waals surface area contributed by atoms with E-state index in [9.17, 15) is 4.79 Å². The summed E-state index contributed by atoms with van der Waals surface area (Å²) in [5, 5.41) is 0.918. The molecule has 1 atom stereocenters. The maximum Gasteiger partial charge on any atom is 0.253 e. The number of benzene rings is 1. The molecule has 1 aromatic carbocycles. The predicted octanol–water partition coefficient (Wildman–Crippen LogP) is 5.17. The average Bonchev–Trinajstić information content (AvgIpc) is 2.73. The zero-order chi connectivity index (χ0) is 20.4. The maximum atomic E-state index is 13.1. The number of nitrogens with zero attached hydrogens (tertiary/aromatic N) is 4. The lowest BCUT2D eigenvalue weighted by atomic mass is 9.89. The predicted molar refractivity (Wildman–Crippen MR) is 114 cm³/mol. The highest BCUT2D eigenvalue weighted by Gasteiger charge is 2.28. The summed E-state index contributed by atoms with van der Waals surface area (Å²) in [7, 11) is 0. The first kappa shape index (κ1) is 19.8. The third kappa shape index (κ3) is 4.41. The number of halogens is 2. The number of rotatable bonds is 3. The molecular formula is C22H20Cl2N4O. The Morgan fingerprint density at radius 1 is 1.14 bits per heavy atom. The molecule has 3 heterocycles. The lowest BCUT2D eigenvalue weighted by molar-refractivity contribution is 0.0706. The van der Waals surface area contributed by atoms with Crippen molar-refractivity contribution in [3.8, 4) is 11.1 Å². The van der Waals surface area contributed by atoms with Crippen LogP contribution in [0.15, 0.2) is 48.9 Å². The highest BCUT2D eigenvalue weighted by Crippen LogP contribution is 2.33. The molecule has 1 unspecified atom stereocenters. The van der Waals surface area contributed by atoms with Crippen LogP contribution >= 0.6 is 23.2 Å². The molecule has 5 nitrogen and oxygen atoms in total. The standard InChI is InChI=1S/C22H20Cl2N4O/c1-14-26-12-20(15-4-6-25-7-5-15)21(27-14)16-3-2-8-28(13-16)22(29)17-9-18(23)11-19(24)10-17/h4-7,9-12,16H,2-3,8,13H2,1H3. The lowest BCUT2D eigenvalue weighted by Crippen LogP contribution is -2.39. The van der Waals surface area contributed by atoms with E-state index in [1.165, 1.54) is 0 Å². The van der Waals surface area contributed by atoms with Gasteiger partial charge in [-0.3, -0.25) is 9.78 Å². The van der Waals surface area contributed by atoms with Gasteiger partial charge in [-0.15, -0.1) is 0 Å². The second kappa shape index (κ2) is 8.47. The van der Waals surface area contributed by atoms with Crippen LogP contribution in [0.4, 0.5) is 0 Å². The Labute approximate surface area is 179 Å². The molecule has 3 aromatic rings. The van der Waals surface area contributed by atoms with Crippen molar-refractivity contribution in [3.05, 3.63) is 76.0 Å². The minimum absolute atomic E-state index is 0.0599. The van der Waals surface area contributed by atoms with Crippen LogP contribution in [0.1, 0.15) is 40.6 Å². The molecule has 0 radical (unpaired) electrons. The third-order valence-electron chi connectivity index (χ3n) is 5.13. The Morgan fingerprint density at radius 2 is 1.86 bits per heavy atom. The van der Waals surface area contributed by atoms with Gasteiger partial charge in [0.2, 0.25) is 0 Å². The zero-order valence-corrected chi connectivity index (χ0v) is 17.5. The van der Waals surface area contributed by atoms with Crippen LogP contribution in [0, 0.1) is 6.92 Å². The van der Waals surface area contributed by atoms with Crippen LogP contribution in [-0.2, 0) is 0 Å².